The molecule has 0 aromatic carbocycles. The summed E-state index contributed by atoms with van der Waals surface area (Å²) in [6, 6.07) is 0.899. The minimum absolute atomic E-state index is 0. The summed E-state index contributed by atoms with van der Waals surface area (Å²) < 4.78 is 17.6. The van der Waals surface area contributed by atoms with Gasteiger partial charge in [0, 0.05) is 33.8 Å². The Morgan fingerprint density at radius 1 is 0.571 bits per heavy atom. The summed E-state index contributed by atoms with van der Waals surface area (Å²) in [7, 11) is 7.39. The van der Waals surface area contributed by atoms with Crippen molar-refractivity contribution in [2.45, 2.75) is 96.4 Å². The molecule has 0 aliphatic carbocycles. The number of unbranched alkanes of at least 4 members (excludes halogenated alkanes) is 11. The highest BCUT2D eigenvalue weighted by molar-refractivity contribution is 6.60. The van der Waals surface area contributed by atoms with Crippen molar-refractivity contribution in [3.8, 4) is 0 Å². The van der Waals surface area contributed by atoms with Gasteiger partial charge in [-0.2, -0.15) is 0 Å². The average molecular weight is 422 g/mol. The van der Waals surface area contributed by atoms with Gasteiger partial charge in [0.15, 0.2) is 0 Å². The fourth-order valence-electron chi connectivity index (χ4n) is 3.77. The molecule has 0 heterocycles. The van der Waals surface area contributed by atoms with Crippen LogP contribution in [0.5, 0.6) is 0 Å². The fraction of sp³-hybridized carbons (Fsp3) is 1.00. The van der Waals surface area contributed by atoms with Crippen molar-refractivity contribution in [1.29, 1.82) is 0 Å². The molecule has 0 unspecified atom stereocenters. The second kappa shape index (κ2) is 19.0. The van der Waals surface area contributed by atoms with E-state index in [1.165, 1.54) is 83.6 Å². The Balaban J connectivity index is 0. The predicted octanol–water partition coefficient (Wildman–Crippen LogP) is 5.86. The lowest BCUT2D eigenvalue weighted by Crippen LogP contribution is -2.45. The van der Waals surface area contributed by atoms with Gasteiger partial charge in [0.05, 0.1) is 27.2 Å². The molecular weight excluding hydrogens is 370 g/mol. The van der Waals surface area contributed by atoms with Crippen molar-refractivity contribution in [1.82, 2.24) is 0 Å². The SMILES string of the molecule is CCCCCCCCCCCCCC[N+](C)(C)CCC[Si](OC)(OC)OC.[OH-]. The van der Waals surface area contributed by atoms with E-state index < -0.39 is 8.80 Å². The first-order valence-electron chi connectivity index (χ1n) is 11.4. The summed E-state index contributed by atoms with van der Waals surface area (Å²) in [6.45, 7) is 4.71. The molecule has 28 heavy (non-hydrogen) atoms. The summed E-state index contributed by atoms with van der Waals surface area (Å²) in [5.74, 6) is 0. The molecule has 0 aromatic rings. The minimum Gasteiger partial charge on any atom is -0.870 e. The topological polar surface area (TPSA) is 57.7 Å². The van der Waals surface area contributed by atoms with Crippen molar-refractivity contribution in [2.75, 3.05) is 48.5 Å². The van der Waals surface area contributed by atoms with E-state index in [1.807, 2.05) is 0 Å². The molecule has 0 aliphatic heterocycles. The lowest BCUT2D eigenvalue weighted by Gasteiger charge is -2.31. The Morgan fingerprint density at radius 3 is 1.32 bits per heavy atom. The van der Waals surface area contributed by atoms with E-state index in [0.717, 1.165) is 23.5 Å². The van der Waals surface area contributed by atoms with Crippen LogP contribution in [0.25, 0.3) is 0 Å². The molecule has 0 aromatic heterocycles. The zero-order valence-corrected chi connectivity index (χ0v) is 20.9. The molecule has 6 heteroatoms. The van der Waals surface area contributed by atoms with E-state index in [9.17, 15) is 0 Å². The summed E-state index contributed by atoms with van der Waals surface area (Å²) >= 11 is 0. The van der Waals surface area contributed by atoms with Gasteiger partial charge >= 0.3 is 8.80 Å². The Hall–Kier alpha value is 0.0169. The molecule has 0 saturated heterocycles. The molecule has 172 valence electrons. The second-order valence-corrected chi connectivity index (χ2v) is 11.8. The lowest BCUT2D eigenvalue weighted by atomic mass is 10.1. The zero-order chi connectivity index (χ0) is 20.4. The number of hydrogen-bond acceptors (Lipinski definition) is 4. The van der Waals surface area contributed by atoms with E-state index in [2.05, 4.69) is 21.0 Å². The number of quaternary nitrogens is 1. The molecule has 0 radical (unpaired) electrons. The highest BCUT2D eigenvalue weighted by atomic mass is 28.4. The van der Waals surface area contributed by atoms with Crippen LogP contribution in [-0.2, 0) is 13.3 Å². The third-order valence-corrected chi connectivity index (χ3v) is 8.63. The molecule has 0 atom stereocenters. The molecule has 0 amide bonds. The average Bonchev–Trinajstić information content (AvgIpc) is 2.66. The van der Waals surface area contributed by atoms with Gasteiger partial charge in [-0.1, -0.05) is 71.1 Å². The van der Waals surface area contributed by atoms with Gasteiger partial charge in [0.1, 0.15) is 0 Å². The van der Waals surface area contributed by atoms with Crippen molar-refractivity contribution in [3.63, 3.8) is 0 Å². The Bertz CT molecular complexity index is 317. The number of hydrogen-bond donors (Lipinski definition) is 0. The van der Waals surface area contributed by atoms with E-state index in [1.54, 1.807) is 21.3 Å². The molecule has 1 N–H and O–H groups in total. The van der Waals surface area contributed by atoms with Crippen LogP contribution in [0, 0.1) is 0 Å². The van der Waals surface area contributed by atoms with Gasteiger partial charge in [-0.3, -0.25) is 0 Å². The normalized spacial score (nSPS) is 12.2. The van der Waals surface area contributed by atoms with Crippen LogP contribution in [0.15, 0.2) is 0 Å². The molecule has 0 saturated carbocycles. The van der Waals surface area contributed by atoms with E-state index in [0.29, 0.717) is 0 Å². The zero-order valence-electron chi connectivity index (χ0n) is 19.9. The van der Waals surface area contributed by atoms with Crippen molar-refractivity contribution < 1.29 is 23.2 Å². The minimum atomic E-state index is -2.40. The first-order chi connectivity index (χ1) is 12.9. The highest BCUT2D eigenvalue weighted by Gasteiger charge is 2.37. The number of nitrogens with zero attached hydrogens (tertiary/aromatic N) is 1. The van der Waals surface area contributed by atoms with Crippen molar-refractivity contribution >= 4 is 8.80 Å². The maximum atomic E-state index is 5.52. The highest BCUT2D eigenvalue weighted by Crippen LogP contribution is 2.17. The second-order valence-electron chi connectivity index (χ2n) is 8.67. The third-order valence-electron chi connectivity index (χ3n) is 5.80. The van der Waals surface area contributed by atoms with Crippen molar-refractivity contribution in [3.05, 3.63) is 0 Å². The van der Waals surface area contributed by atoms with Gasteiger partial charge in [-0.15, -0.1) is 0 Å². The smallest absolute Gasteiger partial charge is 0.500 e. The van der Waals surface area contributed by atoms with E-state index in [-0.39, 0.29) is 5.48 Å². The van der Waals surface area contributed by atoms with E-state index in [4.69, 9.17) is 13.3 Å². The maximum Gasteiger partial charge on any atom is 0.500 e. The van der Waals surface area contributed by atoms with Gasteiger partial charge in [-0.25, -0.2) is 0 Å². The maximum absolute atomic E-state index is 5.52. The first kappa shape index (κ1) is 30.2. The van der Waals surface area contributed by atoms with Crippen LogP contribution in [0.3, 0.4) is 0 Å². The van der Waals surface area contributed by atoms with Crippen LogP contribution >= 0.6 is 0 Å². The van der Waals surface area contributed by atoms with Gasteiger partial charge < -0.3 is 23.2 Å². The fourth-order valence-corrected chi connectivity index (χ4v) is 5.48. The quantitative estimate of drug-likeness (QED) is 0.140. The summed E-state index contributed by atoms with van der Waals surface area (Å²) in [5, 5.41) is 0. The number of rotatable bonds is 20. The van der Waals surface area contributed by atoms with E-state index >= 15 is 0 Å². The monoisotopic (exact) mass is 421 g/mol. The summed E-state index contributed by atoms with van der Waals surface area (Å²) in [6.07, 6.45) is 18.1. The third kappa shape index (κ3) is 15.9. The summed E-state index contributed by atoms with van der Waals surface area (Å²) in [5.41, 5.74) is 0. The van der Waals surface area contributed by atoms with Gasteiger partial charge in [-0.05, 0) is 12.8 Å². The molecule has 0 rings (SSSR count). The van der Waals surface area contributed by atoms with Crippen LogP contribution in [-0.4, -0.2) is 67.3 Å². The summed E-state index contributed by atoms with van der Waals surface area (Å²) in [4.78, 5) is 0. The molecule has 5 nitrogen and oxygen atoms in total. The Morgan fingerprint density at radius 2 is 0.929 bits per heavy atom. The molecular formula is C22H51NO4Si. The molecule has 0 bridgehead atoms. The first-order valence-corrected chi connectivity index (χ1v) is 13.4. The molecule has 0 fully saturated rings. The van der Waals surface area contributed by atoms with Crippen LogP contribution in [0.4, 0.5) is 0 Å². The van der Waals surface area contributed by atoms with Gasteiger partial charge in [0.25, 0.3) is 0 Å². The Kier molecular flexibility index (Phi) is 20.5. The van der Waals surface area contributed by atoms with Gasteiger partial charge in [0.2, 0.25) is 0 Å². The van der Waals surface area contributed by atoms with Crippen LogP contribution in [0.1, 0.15) is 90.4 Å². The van der Waals surface area contributed by atoms with Crippen molar-refractivity contribution in [2.24, 2.45) is 0 Å². The Labute approximate surface area is 177 Å². The lowest BCUT2D eigenvalue weighted by molar-refractivity contribution is -0.890. The van der Waals surface area contributed by atoms with Crippen LogP contribution in [0.2, 0.25) is 6.04 Å². The van der Waals surface area contributed by atoms with Crippen LogP contribution < -0.4 is 0 Å². The largest absolute Gasteiger partial charge is 0.870 e. The molecule has 0 spiro atoms. The predicted molar refractivity (Wildman–Crippen MR) is 121 cm³/mol. The molecule has 0 aliphatic rings. The standard InChI is InChI=1S/C22H50NO3Si.H2O/c1-7-8-9-10-11-12-13-14-15-16-17-18-20-23(2,3)21-19-22-27(24-4,25-5)26-6;/h7-22H2,1-6H3;1H2/q+1;/p-1.